The van der Waals surface area contributed by atoms with E-state index < -0.39 is 0 Å². The fourth-order valence-electron chi connectivity index (χ4n) is 3.64. The summed E-state index contributed by atoms with van der Waals surface area (Å²) in [6.07, 6.45) is 0. The summed E-state index contributed by atoms with van der Waals surface area (Å²) in [7, 11) is 0. The first kappa shape index (κ1) is 24.3. The summed E-state index contributed by atoms with van der Waals surface area (Å²) < 4.78 is 14.1. The summed E-state index contributed by atoms with van der Waals surface area (Å²) in [5, 5.41) is 0.928. The number of amides is 1. The summed E-state index contributed by atoms with van der Waals surface area (Å²) in [5.41, 5.74) is 4.50. The molecule has 1 N–H and O–H groups in total. The molecular weight excluding hydrogens is 477 g/mol. The van der Waals surface area contributed by atoms with Crippen LogP contribution in [0, 0.1) is 5.82 Å². The second-order valence-electron chi connectivity index (χ2n) is 7.61. The number of carbonyl (C=O) groups excluding carboxylic acids is 1. The largest absolute Gasteiger partial charge is 0.366 e. The van der Waals surface area contributed by atoms with Crippen LogP contribution in [0.4, 0.5) is 15.9 Å². The molecule has 2 heterocycles. The first-order valence-electron chi connectivity index (χ1n) is 11.0. The monoisotopic (exact) mass is 501 g/mol. The molecule has 1 fully saturated rings. The van der Waals surface area contributed by atoms with Gasteiger partial charge in [0.05, 0.1) is 12.3 Å². The van der Waals surface area contributed by atoms with E-state index in [1.807, 2.05) is 29.2 Å². The third kappa shape index (κ3) is 6.16. The van der Waals surface area contributed by atoms with Gasteiger partial charge in [-0.3, -0.25) is 9.63 Å². The highest BCUT2D eigenvalue weighted by atomic mass is 35.5. The van der Waals surface area contributed by atoms with Crippen molar-refractivity contribution >= 4 is 40.8 Å². The molecule has 7 nitrogen and oxygen atoms in total. The van der Waals surface area contributed by atoms with Gasteiger partial charge in [-0.25, -0.2) is 19.8 Å². The van der Waals surface area contributed by atoms with Gasteiger partial charge in [0.15, 0.2) is 5.16 Å². The zero-order valence-electron chi connectivity index (χ0n) is 18.7. The van der Waals surface area contributed by atoms with Crippen LogP contribution in [0.5, 0.6) is 0 Å². The predicted molar refractivity (Wildman–Crippen MR) is 133 cm³/mol. The Morgan fingerprint density at radius 1 is 1.09 bits per heavy atom. The maximum absolute atomic E-state index is 14.1. The van der Waals surface area contributed by atoms with Crippen molar-refractivity contribution in [3.05, 3.63) is 76.7 Å². The number of piperazine rings is 1. The summed E-state index contributed by atoms with van der Waals surface area (Å²) in [6, 6.07) is 15.9. The highest BCUT2D eigenvalue weighted by Crippen LogP contribution is 2.27. The van der Waals surface area contributed by atoms with Crippen LogP contribution in [-0.2, 0) is 10.6 Å². The third-order valence-electron chi connectivity index (χ3n) is 5.32. The lowest BCUT2D eigenvalue weighted by atomic mass is 10.1. The molecular formula is C24H25ClFN5O2S. The SMILES string of the molecule is CCONC(=O)c1cccc(CSc2nc(Cl)cc(N3CCN(c4ccccc4F)CC3)n2)c1. The Balaban J connectivity index is 1.38. The Morgan fingerprint density at radius 3 is 2.62 bits per heavy atom. The van der Waals surface area contributed by atoms with Crippen LogP contribution in [0.15, 0.2) is 59.8 Å². The standard InChI is InChI=1S/C24H25ClFN5O2S/c1-2-33-29-23(32)18-7-5-6-17(14-18)16-34-24-27-21(25)15-22(28-24)31-12-10-30(11-13-31)20-9-4-3-8-19(20)26/h3-9,14-15H,2,10-13,16H2,1H3,(H,29,32). The molecule has 178 valence electrons. The van der Waals surface area contributed by atoms with Gasteiger partial charge in [0.1, 0.15) is 16.8 Å². The third-order valence-corrected chi connectivity index (χ3v) is 6.44. The van der Waals surface area contributed by atoms with Crippen molar-refractivity contribution in [3.8, 4) is 0 Å². The normalized spacial score (nSPS) is 13.7. The van der Waals surface area contributed by atoms with Gasteiger partial charge in [0.2, 0.25) is 0 Å². The second kappa shape index (κ2) is 11.5. The number of nitrogens with one attached hydrogen (secondary N) is 1. The maximum Gasteiger partial charge on any atom is 0.274 e. The Morgan fingerprint density at radius 2 is 1.85 bits per heavy atom. The van der Waals surface area contributed by atoms with Crippen LogP contribution in [0.2, 0.25) is 5.15 Å². The number of hydrogen-bond donors (Lipinski definition) is 1. The van der Waals surface area contributed by atoms with Crippen molar-refractivity contribution in [1.82, 2.24) is 15.4 Å². The van der Waals surface area contributed by atoms with E-state index in [2.05, 4.69) is 20.3 Å². The molecule has 10 heteroatoms. The Bertz CT molecular complexity index is 1140. The zero-order chi connectivity index (χ0) is 23.9. The predicted octanol–water partition coefficient (Wildman–Crippen LogP) is 4.57. The molecule has 0 unspecified atom stereocenters. The summed E-state index contributed by atoms with van der Waals surface area (Å²) >= 11 is 7.74. The van der Waals surface area contributed by atoms with Crippen LogP contribution in [0.3, 0.4) is 0 Å². The van der Waals surface area contributed by atoms with Gasteiger partial charge in [0, 0.05) is 43.6 Å². The average Bonchev–Trinajstić information content (AvgIpc) is 2.86. The maximum atomic E-state index is 14.1. The molecule has 2 aromatic carbocycles. The molecule has 0 atom stereocenters. The number of aromatic nitrogens is 2. The minimum Gasteiger partial charge on any atom is -0.366 e. The summed E-state index contributed by atoms with van der Waals surface area (Å²) in [6.45, 7) is 4.96. The number of rotatable bonds is 8. The minimum absolute atomic E-state index is 0.209. The molecule has 1 aliphatic rings. The molecule has 0 radical (unpaired) electrons. The minimum atomic E-state index is -0.287. The molecule has 3 aromatic rings. The van der Waals surface area contributed by atoms with Gasteiger partial charge < -0.3 is 9.80 Å². The lowest BCUT2D eigenvalue weighted by Crippen LogP contribution is -2.47. The first-order chi connectivity index (χ1) is 16.5. The first-order valence-corrected chi connectivity index (χ1v) is 12.3. The van der Waals surface area contributed by atoms with E-state index in [0.717, 1.165) is 11.4 Å². The van der Waals surface area contributed by atoms with Crippen molar-refractivity contribution in [1.29, 1.82) is 0 Å². The molecule has 0 aliphatic carbocycles. The van der Waals surface area contributed by atoms with Crippen molar-refractivity contribution in [2.24, 2.45) is 0 Å². The number of para-hydroxylation sites is 1. The van der Waals surface area contributed by atoms with Gasteiger partial charge in [-0.15, -0.1) is 0 Å². The van der Waals surface area contributed by atoms with E-state index in [1.54, 1.807) is 31.2 Å². The van der Waals surface area contributed by atoms with Crippen LogP contribution < -0.4 is 15.3 Å². The van der Waals surface area contributed by atoms with Gasteiger partial charge in [0.25, 0.3) is 5.91 Å². The molecule has 1 saturated heterocycles. The van der Waals surface area contributed by atoms with Crippen LogP contribution in [0.25, 0.3) is 0 Å². The highest BCUT2D eigenvalue weighted by molar-refractivity contribution is 7.98. The smallest absolute Gasteiger partial charge is 0.274 e. The quantitative estimate of drug-likeness (QED) is 0.210. The van der Waals surface area contributed by atoms with E-state index in [9.17, 15) is 9.18 Å². The number of halogens is 2. The van der Waals surface area contributed by atoms with E-state index in [1.165, 1.54) is 17.8 Å². The molecule has 0 spiro atoms. The van der Waals surface area contributed by atoms with E-state index >= 15 is 0 Å². The Hall–Kier alpha value is -2.88. The average molecular weight is 502 g/mol. The van der Waals surface area contributed by atoms with Crippen molar-refractivity contribution in [3.63, 3.8) is 0 Å². The van der Waals surface area contributed by atoms with Gasteiger partial charge in [-0.05, 0) is 36.8 Å². The molecule has 0 saturated carbocycles. The summed E-state index contributed by atoms with van der Waals surface area (Å²) in [5.74, 6) is 0.834. The second-order valence-corrected chi connectivity index (χ2v) is 8.94. The fraction of sp³-hybridized carbons (Fsp3) is 0.292. The molecule has 34 heavy (non-hydrogen) atoms. The van der Waals surface area contributed by atoms with Crippen LogP contribution in [0.1, 0.15) is 22.8 Å². The van der Waals surface area contributed by atoms with Crippen molar-refractivity contribution in [2.45, 2.75) is 17.8 Å². The summed E-state index contributed by atoms with van der Waals surface area (Å²) in [4.78, 5) is 30.3. The number of thioether (sulfide) groups is 1. The van der Waals surface area contributed by atoms with Crippen LogP contribution in [-0.4, -0.2) is 48.7 Å². The number of hydrogen-bond acceptors (Lipinski definition) is 7. The van der Waals surface area contributed by atoms with E-state index in [0.29, 0.717) is 60.1 Å². The van der Waals surface area contributed by atoms with Crippen molar-refractivity contribution < 1.29 is 14.0 Å². The molecule has 1 amide bonds. The molecule has 0 bridgehead atoms. The fourth-order valence-corrected chi connectivity index (χ4v) is 4.67. The number of nitrogens with zero attached hydrogens (tertiary/aromatic N) is 4. The Labute approximate surface area is 207 Å². The van der Waals surface area contributed by atoms with E-state index in [4.69, 9.17) is 16.4 Å². The molecule has 1 aromatic heterocycles. The molecule has 4 rings (SSSR count). The number of carbonyl (C=O) groups is 1. The number of benzene rings is 2. The zero-order valence-corrected chi connectivity index (χ0v) is 20.3. The van der Waals surface area contributed by atoms with Crippen molar-refractivity contribution in [2.75, 3.05) is 42.6 Å². The number of anilines is 2. The molecule has 1 aliphatic heterocycles. The number of hydroxylamine groups is 1. The lowest BCUT2D eigenvalue weighted by molar-refractivity contribution is 0.0364. The van der Waals surface area contributed by atoms with Crippen LogP contribution >= 0.6 is 23.4 Å². The van der Waals surface area contributed by atoms with Gasteiger partial charge >= 0.3 is 0 Å². The van der Waals surface area contributed by atoms with E-state index in [-0.39, 0.29) is 11.7 Å². The topological polar surface area (TPSA) is 70.6 Å². The Kier molecular flexibility index (Phi) is 8.21. The highest BCUT2D eigenvalue weighted by Gasteiger charge is 2.21. The van der Waals surface area contributed by atoms with Gasteiger partial charge in [-0.2, -0.15) is 0 Å². The van der Waals surface area contributed by atoms with Gasteiger partial charge in [-0.1, -0.05) is 47.6 Å². The lowest BCUT2D eigenvalue weighted by Gasteiger charge is -2.36.